The van der Waals surface area contributed by atoms with Gasteiger partial charge in [0.25, 0.3) is 0 Å². The van der Waals surface area contributed by atoms with Crippen LogP contribution in [0, 0.1) is 0 Å². The maximum atomic E-state index is 6.34. The van der Waals surface area contributed by atoms with Crippen molar-refractivity contribution in [3.05, 3.63) is 22.7 Å². The minimum Gasteiger partial charge on any atom is -0.316 e. The van der Waals surface area contributed by atoms with E-state index in [4.69, 9.17) is 11.6 Å². The third kappa shape index (κ3) is 2.53. The summed E-state index contributed by atoms with van der Waals surface area (Å²) < 4.78 is 0. The van der Waals surface area contributed by atoms with Gasteiger partial charge < -0.3 is 5.32 Å². The van der Waals surface area contributed by atoms with Gasteiger partial charge in [0.1, 0.15) is 0 Å². The van der Waals surface area contributed by atoms with E-state index in [1.165, 1.54) is 21.8 Å². The van der Waals surface area contributed by atoms with Crippen molar-refractivity contribution in [2.24, 2.45) is 0 Å². The molecule has 1 aromatic carbocycles. The van der Waals surface area contributed by atoms with E-state index in [0.29, 0.717) is 5.92 Å². The van der Waals surface area contributed by atoms with Gasteiger partial charge in [0, 0.05) is 16.3 Å². The number of rotatable bonds is 3. The van der Waals surface area contributed by atoms with Crippen LogP contribution in [0.1, 0.15) is 17.9 Å². The van der Waals surface area contributed by atoms with Crippen molar-refractivity contribution in [3.8, 4) is 0 Å². The zero-order valence-electron chi connectivity index (χ0n) is 9.55. The molecule has 1 saturated heterocycles. The first kappa shape index (κ1) is 12.6. The van der Waals surface area contributed by atoms with Gasteiger partial charge in [0.05, 0.1) is 5.02 Å². The lowest BCUT2D eigenvalue weighted by molar-refractivity contribution is 0.759. The van der Waals surface area contributed by atoms with Crippen molar-refractivity contribution >= 4 is 35.1 Å². The molecule has 1 fully saturated rings. The van der Waals surface area contributed by atoms with Crippen LogP contribution in [0.25, 0.3) is 0 Å². The van der Waals surface area contributed by atoms with E-state index >= 15 is 0 Å². The molecule has 0 aliphatic carbocycles. The van der Waals surface area contributed by atoms with E-state index in [1.807, 2.05) is 0 Å². The summed E-state index contributed by atoms with van der Waals surface area (Å²) in [4.78, 5) is 2.52. The van der Waals surface area contributed by atoms with Gasteiger partial charge in [-0.3, -0.25) is 0 Å². The van der Waals surface area contributed by atoms with Crippen LogP contribution in [0.2, 0.25) is 5.02 Å². The third-order valence-corrected chi connectivity index (χ3v) is 5.14. The average Bonchev–Trinajstić information content (AvgIpc) is 2.81. The maximum absolute atomic E-state index is 6.34. The Morgan fingerprint density at radius 1 is 1.31 bits per heavy atom. The van der Waals surface area contributed by atoms with Crippen LogP contribution in [0.4, 0.5) is 0 Å². The fraction of sp³-hybridized carbons (Fsp3) is 0.500. The molecule has 1 aliphatic heterocycles. The zero-order valence-corrected chi connectivity index (χ0v) is 11.9. The molecule has 0 aromatic heterocycles. The number of thioether (sulfide) groups is 2. The summed E-state index contributed by atoms with van der Waals surface area (Å²) >= 11 is 9.85. The van der Waals surface area contributed by atoms with Crippen LogP contribution < -0.4 is 5.32 Å². The van der Waals surface area contributed by atoms with Gasteiger partial charge in [0.15, 0.2) is 0 Å². The molecular formula is C12H16ClNS2. The normalized spacial score (nSPS) is 20.3. The Balaban J connectivity index is 2.36. The van der Waals surface area contributed by atoms with E-state index in [0.717, 1.165) is 18.1 Å². The summed E-state index contributed by atoms with van der Waals surface area (Å²) in [5, 5.41) is 4.31. The van der Waals surface area contributed by atoms with E-state index in [1.54, 1.807) is 23.5 Å². The summed E-state index contributed by atoms with van der Waals surface area (Å²) in [6.45, 7) is 2.21. The molecule has 2 rings (SSSR count). The minimum absolute atomic E-state index is 0.638. The Labute approximate surface area is 111 Å². The van der Waals surface area contributed by atoms with Gasteiger partial charge in [-0.2, -0.15) is 0 Å². The van der Waals surface area contributed by atoms with Crippen molar-refractivity contribution in [2.45, 2.75) is 22.1 Å². The third-order valence-electron chi connectivity index (χ3n) is 2.99. The monoisotopic (exact) mass is 273 g/mol. The molecule has 4 heteroatoms. The van der Waals surface area contributed by atoms with Gasteiger partial charge in [-0.1, -0.05) is 11.6 Å². The molecular weight excluding hydrogens is 258 g/mol. The summed E-state index contributed by atoms with van der Waals surface area (Å²) in [5.41, 5.74) is 1.39. The highest BCUT2D eigenvalue weighted by molar-refractivity contribution is 8.01. The molecule has 1 atom stereocenters. The Bertz CT molecular complexity index is 376. The number of hydrogen-bond acceptors (Lipinski definition) is 3. The molecule has 1 unspecified atom stereocenters. The number of nitrogens with one attached hydrogen (secondary N) is 1. The Hall–Kier alpha value is 0.170. The first-order chi connectivity index (χ1) is 7.76. The lowest BCUT2D eigenvalue weighted by atomic mass is 9.99. The van der Waals surface area contributed by atoms with Crippen molar-refractivity contribution in [2.75, 3.05) is 25.6 Å². The SMILES string of the molecule is CSc1cc(C2CCNC2)cc(Cl)c1SC. The zero-order chi connectivity index (χ0) is 11.5. The second-order valence-corrected chi connectivity index (χ2v) is 6.00. The lowest BCUT2D eigenvalue weighted by Crippen LogP contribution is -2.08. The Morgan fingerprint density at radius 3 is 2.69 bits per heavy atom. The van der Waals surface area contributed by atoms with Crippen molar-refractivity contribution in [1.82, 2.24) is 5.32 Å². The van der Waals surface area contributed by atoms with Crippen LogP contribution in [0.15, 0.2) is 21.9 Å². The predicted molar refractivity (Wildman–Crippen MR) is 75.2 cm³/mol. The lowest BCUT2D eigenvalue weighted by Gasteiger charge is -2.14. The highest BCUT2D eigenvalue weighted by Gasteiger charge is 2.19. The molecule has 0 spiro atoms. The van der Waals surface area contributed by atoms with E-state index < -0.39 is 0 Å². The topological polar surface area (TPSA) is 12.0 Å². The molecule has 16 heavy (non-hydrogen) atoms. The summed E-state index contributed by atoms with van der Waals surface area (Å²) in [5.74, 6) is 0.638. The van der Waals surface area contributed by atoms with Gasteiger partial charge >= 0.3 is 0 Å². The van der Waals surface area contributed by atoms with Crippen molar-refractivity contribution < 1.29 is 0 Å². The molecule has 0 saturated carbocycles. The quantitative estimate of drug-likeness (QED) is 0.840. The van der Waals surface area contributed by atoms with Crippen molar-refractivity contribution in [1.29, 1.82) is 0 Å². The van der Waals surface area contributed by atoms with Crippen LogP contribution >= 0.6 is 35.1 Å². The first-order valence-corrected chi connectivity index (χ1v) is 8.21. The van der Waals surface area contributed by atoms with E-state index in [2.05, 4.69) is 30.0 Å². The molecule has 0 bridgehead atoms. The Morgan fingerprint density at radius 2 is 2.12 bits per heavy atom. The molecule has 88 valence electrons. The smallest absolute Gasteiger partial charge is 0.0555 e. The highest BCUT2D eigenvalue weighted by atomic mass is 35.5. The second-order valence-electron chi connectivity index (χ2n) is 3.93. The van der Waals surface area contributed by atoms with Gasteiger partial charge in [0.2, 0.25) is 0 Å². The molecule has 1 nitrogen and oxygen atoms in total. The summed E-state index contributed by atoms with van der Waals surface area (Å²) in [7, 11) is 0. The fourth-order valence-electron chi connectivity index (χ4n) is 2.11. The van der Waals surface area contributed by atoms with Crippen molar-refractivity contribution in [3.63, 3.8) is 0 Å². The second kappa shape index (κ2) is 5.67. The van der Waals surface area contributed by atoms with Crippen LogP contribution in [-0.2, 0) is 0 Å². The Kier molecular flexibility index (Phi) is 4.48. The molecule has 1 N–H and O–H groups in total. The van der Waals surface area contributed by atoms with Crippen LogP contribution in [-0.4, -0.2) is 25.6 Å². The predicted octanol–water partition coefficient (Wildman–Crippen LogP) is 3.86. The minimum atomic E-state index is 0.638. The van der Waals surface area contributed by atoms with Gasteiger partial charge in [-0.05, 0) is 49.1 Å². The molecule has 1 aliphatic rings. The molecule has 0 radical (unpaired) electrons. The first-order valence-electron chi connectivity index (χ1n) is 5.38. The van der Waals surface area contributed by atoms with Crippen LogP contribution in [0.3, 0.4) is 0 Å². The molecule has 1 aromatic rings. The summed E-state index contributed by atoms with van der Waals surface area (Å²) in [6, 6.07) is 4.45. The van der Waals surface area contributed by atoms with E-state index in [9.17, 15) is 0 Å². The standard InChI is InChI=1S/C12H16ClNS2/c1-15-11-6-9(8-3-4-14-7-8)5-10(13)12(11)16-2/h5-6,8,14H,3-4,7H2,1-2H3. The largest absolute Gasteiger partial charge is 0.316 e. The maximum Gasteiger partial charge on any atom is 0.0555 e. The molecule has 0 amide bonds. The van der Waals surface area contributed by atoms with Gasteiger partial charge in [-0.15, -0.1) is 23.5 Å². The van der Waals surface area contributed by atoms with E-state index in [-0.39, 0.29) is 0 Å². The highest BCUT2D eigenvalue weighted by Crippen LogP contribution is 2.38. The molecule has 1 heterocycles. The number of benzene rings is 1. The fourth-order valence-corrected chi connectivity index (χ4v) is 4.19. The van der Waals surface area contributed by atoms with Crippen LogP contribution in [0.5, 0.6) is 0 Å². The summed E-state index contributed by atoms with van der Waals surface area (Å²) in [6.07, 6.45) is 5.42. The van der Waals surface area contributed by atoms with Gasteiger partial charge in [-0.25, -0.2) is 0 Å². The average molecular weight is 274 g/mol. The number of halogens is 1. The number of hydrogen-bond donors (Lipinski definition) is 1.